The molecule has 0 bridgehead atoms. The number of aliphatic carboxylic acids is 1. The molecule has 0 saturated carbocycles. The van der Waals surface area contributed by atoms with Gasteiger partial charge in [-0.15, -0.1) is 23.1 Å². The van der Waals surface area contributed by atoms with Crippen molar-refractivity contribution in [2.75, 3.05) is 11.5 Å². The van der Waals surface area contributed by atoms with Gasteiger partial charge in [-0.05, 0) is 12.1 Å². The van der Waals surface area contributed by atoms with E-state index in [9.17, 15) is 4.79 Å². The molecular weight excluding hydrogens is 306 g/mol. The number of benzene rings is 1. The molecule has 2 aromatic rings. The van der Waals surface area contributed by atoms with Crippen molar-refractivity contribution in [2.45, 2.75) is 6.04 Å². The molecule has 0 amide bonds. The molecule has 98 valence electrons. The maximum absolute atomic E-state index is 10.9. The summed E-state index contributed by atoms with van der Waals surface area (Å²) in [6.45, 7) is 0. The number of carboxylic acids is 1. The second kappa shape index (κ2) is 4.66. The van der Waals surface area contributed by atoms with Crippen LogP contribution in [0.5, 0.6) is 0 Å². The van der Waals surface area contributed by atoms with E-state index < -0.39 is 12.0 Å². The summed E-state index contributed by atoms with van der Waals surface area (Å²) in [7, 11) is 0. The van der Waals surface area contributed by atoms with Gasteiger partial charge in [-0.2, -0.15) is 0 Å². The molecule has 0 unspecified atom stereocenters. The lowest BCUT2D eigenvalue weighted by molar-refractivity contribution is -0.137. The molecule has 1 aromatic carbocycles. The van der Waals surface area contributed by atoms with Crippen molar-refractivity contribution in [3.63, 3.8) is 0 Å². The van der Waals surface area contributed by atoms with Crippen LogP contribution in [0.15, 0.2) is 17.1 Å². The lowest BCUT2D eigenvalue weighted by atomic mass is 10.3. The molecule has 1 aromatic heterocycles. The predicted octanol–water partition coefficient (Wildman–Crippen LogP) is 2.48. The first-order chi connectivity index (χ1) is 9.06. The van der Waals surface area contributed by atoms with Crippen molar-refractivity contribution in [1.29, 1.82) is 0 Å². The van der Waals surface area contributed by atoms with E-state index >= 15 is 0 Å². The average molecular weight is 314 g/mol. The molecule has 0 spiro atoms. The largest absolute Gasteiger partial charge is 0.480 e. The summed E-state index contributed by atoms with van der Waals surface area (Å²) in [5, 5.41) is 10.8. The third kappa shape index (κ3) is 2.18. The second-order valence-corrected chi connectivity index (χ2v) is 6.32. The van der Waals surface area contributed by atoms with Crippen molar-refractivity contribution in [2.24, 2.45) is 4.99 Å². The van der Waals surface area contributed by atoms with Crippen molar-refractivity contribution in [3.05, 3.63) is 22.2 Å². The number of nitrogens with two attached hydrogens (primary N) is 1. The van der Waals surface area contributed by atoms with E-state index in [4.69, 9.17) is 22.4 Å². The first-order valence-electron chi connectivity index (χ1n) is 5.34. The number of hydrogen-bond acceptors (Lipinski definition) is 6. The zero-order valence-corrected chi connectivity index (χ0v) is 11.8. The third-order valence-corrected chi connectivity index (χ3v) is 5.44. The normalized spacial score (nSPS) is 18.8. The number of hydrogen-bond donors (Lipinski definition) is 2. The number of thiazole rings is 1. The molecule has 19 heavy (non-hydrogen) atoms. The molecule has 0 fully saturated rings. The molecule has 1 aliphatic rings. The average Bonchev–Trinajstić information content (AvgIpc) is 2.99. The number of halogens is 1. The van der Waals surface area contributed by atoms with Gasteiger partial charge in [0.1, 0.15) is 10.1 Å². The van der Waals surface area contributed by atoms with Gasteiger partial charge in [0.15, 0.2) is 6.04 Å². The number of nitrogen functional groups attached to an aromatic ring is 1. The van der Waals surface area contributed by atoms with Gasteiger partial charge >= 0.3 is 5.97 Å². The summed E-state index contributed by atoms with van der Waals surface area (Å²) >= 11 is 8.91. The fourth-order valence-electron chi connectivity index (χ4n) is 1.68. The van der Waals surface area contributed by atoms with E-state index in [1.54, 1.807) is 12.1 Å². The maximum atomic E-state index is 10.9. The monoisotopic (exact) mass is 313 g/mol. The van der Waals surface area contributed by atoms with Crippen LogP contribution in [0.4, 0.5) is 5.69 Å². The Labute approximate surface area is 121 Å². The van der Waals surface area contributed by atoms with E-state index in [0.717, 1.165) is 10.2 Å². The van der Waals surface area contributed by atoms with Gasteiger partial charge in [0, 0.05) is 5.75 Å². The van der Waals surface area contributed by atoms with Crippen LogP contribution in [0.2, 0.25) is 5.02 Å². The molecule has 5 nitrogen and oxygen atoms in total. The minimum absolute atomic E-state index is 0.441. The number of fused-ring (bicyclic) bond motifs is 1. The summed E-state index contributed by atoms with van der Waals surface area (Å²) in [4.78, 5) is 19.5. The Kier molecular flexibility index (Phi) is 3.12. The summed E-state index contributed by atoms with van der Waals surface area (Å²) < 4.78 is 0.804. The first kappa shape index (κ1) is 12.7. The smallest absolute Gasteiger partial charge is 0.329 e. The van der Waals surface area contributed by atoms with E-state index in [1.165, 1.54) is 23.1 Å². The number of carbonyl (C=O) groups is 1. The number of anilines is 1. The molecule has 2 heterocycles. The topological polar surface area (TPSA) is 88.6 Å². The van der Waals surface area contributed by atoms with Gasteiger partial charge in [0.2, 0.25) is 0 Å². The van der Waals surface area contributed by atoms with Crippen LogP contribution in [-0.4, -0.2) is 32.9 Å². The van der Waals surface area contributed by atoms with Gasteiger partial charge in [-0.25, -0.2) is 9.78 Å². The Morgan fingerprint density at radius 2 is 2.32 bits per heavy atom. The van der Waals surface area contributed by atoms with Gasteiger partial charge < -0.3 is 10.8 Å². The zero-order valence-electron chi connectivity index (χ0n) is 9.46. The SMILES string of the molecule is Nc1ccc2nc(C3=N[C@@H](C(=O)O)CS3)sc2c1Cl. The van der Waals surface area contributed by atoms with Crippen molar-refractivity contribution in [3.8, 4) is 0 Å². The fourth-order valence-corrected chi connectivity index (χ4v) is 4.07. The summed E-state index contributed by atoms with van der Waals surface area (Å²) in [6, 6.07) is 2.82. The molecule has 1 aliphatic heterocycles. The standard InChI is InChI=1S/C11H8ClN3O2S2/c12-7-4(13)1-2-5-8(7)19-10(14-5)9-15-6(3-18-9)11(16)17/h1-2,6H,3,13H2,(H,16,17)/t6-/m1/s1. The Hall–Kier alpha value is -1.31. The Morgan fingerprint density at radius 3 is 3.00 bits per heavy atom. The van der Waals surface area contributed by atoms with E-state index in [2.05, 4.69) is 9.98 Å². The number of aromatic nitrogens is 1. The number of nitrogens with zero attached hydrogens (tertiary/aromatic N) is 2. The van der Waals surface area contributed by atoms with Crippen molar-refractivity contribution >= 4 is 61.6 Å². The fraction of sp³-hybridized carbons (Fsp3) is 0.182. The molecular formula is C11H8ClN3O2S2. The second-order valence-electron chi connectivity index (χ2n) is 3.94. The maximum Gasteiger partial charge on any atom is 0.329 e. The Morgan fingerprint density at radius 1 is 1.53 bits per heavy atom. The molecule has 3 N–H and O–H groups in total. The van der Waals surface area contributed by atoms with E-state index in [-0.39, 0.29) is 0 Å². The lowest BCUT2D eigenvalue weighted by Crippen LogP contribution is -2.17. The van der Waals surface area contributed by atoms with E-state index in [1.807, 2.05) is 0 Å². The van der Waals surface area contributed by atoms with Gasteiger partial charge in [-0.1, -0.05) is 11.6 Å². The minimum Gasteiger partial charge on any atom is -0.480 e. The summed E-state index contributed by atoms with van der Waals surface area (Å²) in [5.41, 5.74) is 7.00. The summed E-state index contributed by atoms with van der Waals surface area (Å²) in [6.07, 6.45) is 0. The molecule has 0 radical (unpaired) electrons. The van der Waals surface area contributed by atoms with Crippen LogP contribution >= 0.6 is 34.7 Å². The van der Waals surface area contributed by atoms with Gasteiger partial charge in [0.25, 0.3) is 0 Å². The van der Waals surface area contributed by atoms with Crippen LogP contribution in [0.3, 0.4) is 0 Å². The molecule has 0 saturated heterocycles. The molecule has 8 heteroatoms. The van der Waals surface area contributed by atoms with Crippen LogP contribution in [0, 0.1) is 0 Å². The molecule has 1 atom stereocenters. The van der Waals surface area contributed by atoms with Gasteiger partial charge in [-0.3, -0.25) is 4.99 Å². The number of rotatable bonds is 2. The number of aliphatic imine (C=N–C) groups is 1. The summed E-state index contributed by atoms with van der Waals surface area (Å²) in [5.74, 6) is -0.470. The minimum atomic E-state index is -0.911. The van der Waals surface area contributed by atoms with Crippen LogP contribution in [-0.2, 0) is 4.79 Å². The zero-order chi connectivity index (χ0) is 13.6. The quantitative estimate of drug-likeness (QED) is 0.831. The molecule has 3 rings (SSSR count). The van der Waals surface area contributed by atoms with Gasteiger partial charge in [0.05, 0.1) is 20.9 Å². The first-order valence-corrected chi connectivity index (χ1v) is 7.52. The third-order valence-electron chi connectivity index (χ3n) is 2.65. The van der Waals surface area contributed by atoms with E-state index in [0.29, 0.717) is 26.5 Å². The Balaban J connectivity index is 2.05. The lowest BCUT2D eigenvalue weighted by Gasteiger charge is -1.95. The highest BCUT2D eigenvalue weighted by atomic mass is 35.5. The van der Waals surface area contributed by atoms with Crippen molar-refractivity contribution < 1.29 is 9.90 Å². The highest BCUT2D eigenvalue weighted by Gasteiger charge is 2.27. The van der Waals surface area contributed by atoms with Crippen LogP contribution < -0.4 is 5.73 Å². The number of carboxylic acid groups (broad SMARTS) is 1. The van der Waals surface area contributed by atoms with Crippen LogP contribution in [0.25, 0.3) is 10.2 Å². The van der Waals surface area contributed by atoms with Crippen molar-refractivity contribution in [1.82, 2.24) is 4.98 Å². The van der Waals surface area contributed by atoms with Crippen LogP contribution in [0.1, 0.15) is 5.01 Å². The number of thioether (sulfide) groups is 1. The molecule has 0 aliphatic carbocycles. The highest BCUT2D eigenvalue weighted by molar-refractivity contribution is 8.15. The Bertz CT molecular complexity index is 713. The predicted molar refractivity (Wildman–Crippen MR) is 79.5 cm³/mol. The highest BCUT2D eigenvalue weighted by Crippen LogP contribution is 2.36.